The molecule has 0 spiro atoms. The highest BCUT2D eigenvalue weighted by Crippen LogP contribution is 2.40. The standard InChI is InChI=1S/C35H51N3O5/c1-7-32(39)38-22-20-28-12-10-13-29(37(28)21-19-25(2)3)24-36(23-27-11-8-9-14-30(27)38)33(40)18-16-26-15-17-31(41-4)35(43-6)34(26)42-5/h8-9,11,14-15,17,25,28-29H,7,10,12-13,16,18-24H2,1-6H3. The maximum absolute atomic E-state index is 14.1. The third kappa shape index (κ3) is 7.83. The normalized spacial score (nSPS) is 19.4. The van der Waals surface area contributed by atoms with Crippen molar-refractivity contribution < 1.29 is 23.8 Å². The second-order valence-electron chi connectivity index (χ2n) is 12.2. The Hall–Kier alpha value is -3.26. The zero-order valence-electron chi connectivity index (χ0n) is 27.1. The van der Waals surface area contributed by atoms with Crippen LogP contribution in [-0.4, -0.2) is 74.7 Å². The lowest BCUT2D eigenvalue weighted by molar-refractivity contribution is -0.133. The Morgan fingerprint density at radius 2 is 1.65 bits per heavy atom. The van der Waals surface area contributed by atoms with Gasteiger partial charge in [0.15, 0.2) is 11.5 Å². The third-order valence-corrected chi connectivity index (χ3v) is 9.09. The highest BCUT2D eigenvalue weighted by Gasteiger charge is 2.34. The fraction of sp³-hybridized carbons (Fsp3) is 0.600. The fourth-order valence-electron chi connectivity index (χ4n) is 6.73. The van der Waals surface area contributed by atoms with E-state index in [4.69, 9.17) is 14.2 Å². The van der Waals surface area contributed by atoms with Crippen LogP contribution in [0, 0.1) is 5.92 Å². The molecule has 2 aromatic carbocycles. The van der Waals surface area contributed by atoms with Crippen LogP contribution in [0.5, 0.6) is 17.2 Å². The van der Waals surface area contributed by atoms with Crippen LogP contribution in [0.25, 0.3) is 0 Å². The van der Waals surface area contributed by atoms with E-state index in [1.807, 2.05) is 47.1 Å². The van der Waals surface area contributed by atoms with Crippen LogP contribution in [0.3, 0.4) is 0 Å². The number of carbonyl (C=O) groups excluding carboxylic acids is 2. The zero-order valence-corrected chi connectivity index (χ0v) is 27.1. The summed E-state index contributed by atoms with van der Waals surface area (Å²) in [5.74, 6) is 2.57. The van der Waals surface area contributed by atoms with Gasteiger partial charge in [-0.05, 0) is 67.8 Å². The SMILES string of the molecule is CCC(=O)N1CCC2CCCC(CN(C(=O)CCc3ccc(OC)c(OC)c3OC)Cc3ccccc31)N2CCC(C)C. The van der Waals surface area contributed by atoms with Crippen LogP contribution < -0.4 is 19.1 Å². The Labute approximate surface area is 258 Å². The second kappa shape index (κ2) is 15.5. The molecule has 2 aliphatic heterocycles. The van der Waals surface area contributed by atoms with Crippen molar-refractivity contribution in [2.45, 2.75) is 90.8 Å². The molecular weight excluding hydrogens is 542 g/mol. The molecular formula is C35H51N3O5. The summed E-state index contributed by atoms with van der Waals surface area (Å²) >= 11 is 0. The molecule has 2 heterocycles. The van der Waals surface area contributed by atoms with Gasteiger partial charge in [-0.3, -0.25) is 14.5 Å². The lowest BCUT2D eigenvalue weighted by Crippen LogP contribution is -2.53. The largest absolute Gasteiger partial charge is 0.493 e. The molecule has 0 aromatic heterocycles. The number of nitrogens with zero attached hydrogens (tertiary/aromatic N) is 3. The van der Waals surface area contributed by atoms with Crippen LogP contribution in [0.1, 0.15) is 76.8 Å². The topological polar surface area (TPSA) is 71.6 Å². The molecule has 2 amide bonds. The number of hydrogen-bond acceptors (Lipinski definition) is 6. The van der Waals surface area contributed by atoms with Gasteiger partial charge in [0, 0.05) is 50.2 Å². The lowest BCUT2D eigenvalue weighted by Gasteiger charge is -2.44. The minimum atomic E-state index is 0.102. The fourth-order valence-corrected chi connectivity index (χ4v) is 6.73. The molecule has 4 rings (SSSR count). The third-order valence-electron chi connectivity index (χ3n) is 9.09. The first kappa shape index (κ1) is 32.6. The van der Waals surface area contributed by atoms with Gasteiger partial charge in [-0.25, -0.2) is 0 Å². The predicted octanol–water partition coefficient (Wildman–Crippen LogP) is 6.09. The number of aryl methyl sites for hydroxylation is 1. The van der Waals surface area contributed by atoms with Gasteiger partial charge in [0.2, 0.25) is 17.6 Å². The number of methoxy groups -OCH3 is 3. The van der Waals surface area contributed by atoms with Crippen molar-refractivity contribution in [3.05, 3.63) is 47.5 Å². The number of piperidine rings is 1. The number of amides is 2. The monoisotopic (exact) mass is 593 g/mol. The van der Waals surface area contributed by atoms with Gasteiger partial charge in [-0.1, -0.05) is 51.5 Å². The van der Waals surface area contributed by atoms with Crippen molar-refractivity contribution >= 4 is 17.5 Å². The zero-order chi connectivity index (χ0) is 30.9. The number of carbonyl (C=O) groups is 2. The maximum Gasteiger partial charge on any atom is 0.226 e. The molecule has 1 saturated heterocycles. The van der Waals surface area contributed by atoms with Crippen molar-refractivity contribution in [1.82, 2.24) is 9.80 Å². The number of ether oxygens (including phenoxy) is 3. The quantitative estimate of drug-likeness (QED) is 0.332. The smallest absolute Gasteiger partial charge is 0.226 e. The summed E-state index contributed by atoms with van der Waals surface area (Å²) in [6.07, 6.45) is 6.75. The Balaban J connectivity index is 1.67. The van der Waals surface area contributed by atoms with E-state index in [9.17, 15) is 9.59 Å². The van der Waals surface area contributed by atoms with E-state index in [1.165, 1.54) is 0 Å². The molecule has 0 saturated carbocycles. The van der Waals surface area contributed by atoms with Crippen molar-refractivity contribution in [2.75, 3.05) is 45.9 Å². The first-order valence-electron chi connectivity index (χ1n) is 16.0. The molecule has 8 heteroatoms. The van der Waals surface area contributed by atoms with E-state index in [1.54, 1.807) is 21.3 Å². The summed E-state index contributed by atoms with van der Waals surface area (Å²) in [6, 6.07) is 12.6. The molecule has 1 fully saturated rings. The van der Waals surface area contributed by atoms with Crippen LogP contribution in [0.2, 0.25) is 0 Å². The summed E-state index contributed by atoms with van der Waals surface area (Å²) in [5.41, 5.74) is 2.85. The average Bonchev–Trinajstić information content (AvgIpc) is 3.03. The van der Waals surface area contributed by atoms with Gasteiger partial charge < -0.3 is 24.0 Å². The molecule has 2 aromatic rings. The van der Waals surface area contributed by atoms with E-state index in [0.29, 0.717) is 74.1 Å². The Morgan fingerprint density at radius 3 is 2.35 bits per heavy atom. The summed E-state index contributed by atoms with van der Waals surface area (Å²) in [5, 5.41) is 0. The number of anilines is 1. The lowest BCUT2D eigenvalue weighted by atomic mass is 9.92. The summed E-state index contributed by atoms with van der Waals surface area (Å²) in [7, 11) is 4.81. The van der Waals surface area contributed by atoms with Crippen molar-refractivity contribution in [1.29, 1.82) is 0 Å². The van der Waals surface area contributed by atoms with E-state index in [-0.39, 0.29) is 11.8 Å². The van der Waals surface area contributed by atoms with Gasteiger partial charge in [0.1, 0.15) is 0 Å². The molecule has 2 unspecified atom stereocenters. The van der Waals surface area contributed by atoms with Gasteiger partial charge in [-0.15, -0.1) is 0 Å². The molecule has 2 atom stereocenters. The van der Waals surface area contributed by atoms with E-state index < -0.39 is 0 Å². The number of para-hydroxylation sites is 1. The molecule has 0 radical (unpaired) electrons. The minimum absolute atomic E-state index is 0.102. The van der Waals surface area contributed by atoms with Gasteiger partial charge in [0.25, 0.3) is 0 Å². The average molecular weight is 594 g/mol. The number of benzene rings is 2. The van der Waals surface area contributed by atoms with E-state index in [0.717, 1.165) is 55.5 Å². The van der Waals surface area contributed by atoms with Crippen molar-refractivity contribution in [2.24, 2.45) is 5.92 Å². The molecule has 2 bridgehead atoms. The van der Waals surface area contributed by atoms with Crippen LogP contribution in [0.4, 0.5) is 5.69 Å². The van der Waals surface area contributed by atoms with Gasteiger partial charge >= 0.3 is 0 Å². The Morgan fingerprint density at radius 1 is 0.907 bits per heavy atom. The molecule has 2 aliphatic rings. The molecule has 43 heavy (non-hydrogen) atoms. The molecule has 8 nitrogen and oxygen atoms in total. The molecule has 236 valence electrons. The maximum atomic E-state index is 14.1. The summed E-state index contributed by atoms with van der Waals surface area (Å²) < 4.78 is 16.7. The van der Waals surface area contributed by atoms with Crippen LogP contribution in [0.15, 0.2) is 36.4 Å². The minimum Gasteiger partial charge on any atom is -0.493 e. The summed E-state index contributed by atoms with van der Waals surface area (Å²) in [4.78, 5) is 34.1. The van der Waals surface area contributed by atoms with E-state index in [2.05, 4.69) is 24.8 Å². The second-order valence-corrected chi connectivity index (χ2v) is 12.2. The van der Waals surface area contributed by atoms with Crippen molar-refractivity contribution in [3.63, 3.8) is 0 Å². The first-order chi connectivity index (χ1) is 20.8. The first-order valence-corrected chi connectivity index (χ1v) is 16.0. The van der Waals surface area contributed by atoms with Crippen LogP contribution in [-0.2, 0) is 22.6 Å². The molecule has 0 N–H and O–H groups in total. The van der Waals surface area contributed by atoms with Crippen LogP contribution >= 0.6 is 0 Å². The van der Waals surface area contributed by atoms with Crippen molar-refractivity contribution in [3.8, 4) is 17.2 Å². The highest BCUT2D eigenvalue weighted by atomic mass is 16.5. The van der Waals surface area contributed by atoms with Gasteiger partial charge in [0.05, 0.1) is 21.3 Å². The summed E-state index contributed by atoms with van der Waals surface area (Å²) in [6.45, 7) is 9.37. The predicted molar refractivity (Wildman–Crippen MR) is 171 cm³/mol. The number of hydrogen-bond donors (Lipinski definition) is 0. The number of fused-ring (bicyclic) bond motifs is 3. The Bertz CT molecular complexity index is 1230. The highest BCUT2D eigenvalue weighted by molar-refractivity contribution is 5.94. The molecule has 0 aliphatic carbocycles. The van der Waals surface area contributed by atoms with Gasteiger partial charge in [-0.2, -0.15) is 0 Å². The number of rotatable bonds is 10. The Kier molecular flexibility index (Phi) is 11.7. The van der Waals surface area contributed by atoms with E-state index >= 15 is 0 Å².